The first kappa shape index (κ1) is 29.8. The van der Waals surface area contributed by atoms with Crippen molar-refractivity contribution in [3.63, 3.8) is 0 Å². The number of aromatic amines is 1. The van der Waals surface area contributed by atoms with Crippen molar-refractivity contribution >= 4 is 40.6 Å². The van der Waals surface area contributed by atoms with E-state index in [1.807, 2.05) is 12.1 Å². The van der Waals surface area contributed by atoms with Gasteiger partial charge in [-0.05, 0) is 64.1 Å². The number of aryl methyl sites for hydroxylation is 1. The average Bonchev–Trinajstić information content (AvgIpc) is 3.63. The van der Waals surface area contributed by atoms with Gasteiger partial charge in [0.1, 0.15) is 17.1 Å². The summed E-state index contributed by atoms with van der Waals surface area (Å²) in [4.78, 5) is 3.59. The predicted molar refractivity (Wildman–Crippen MR) is 183 cm³/mol. The molecule has 226 valence electrons. The first-order chi connectivity index (χ1) is 21.3. The molecule has 0 saturated heterocycles. The highest BCUT2D eigenvalue weighted by Gasteiger charge is 2.50. The van der Waals surface area contributed by atoms with Crippen molar-refractivity contribution in [3.8, 4) is 23.0 Å². The third-order valence-electron chi connectivity index (χ3n) is 8.70. The van der Waals surface area contributed by atoms with E-state index in [-0.39, 0.29) is 5.04 Å². The highest BCUT2D eigenvalue weighted by atomic mass is 28.4. The first-order valence-corrected chi connectivity index (χ1v) is 17.2. The molecule has 2 heterocycles. The number of hydrogen-bond acceptors (Lipinski definition) is 4. The lowest BCUT2D eigenvalue weighted by molar-refractivity contribution is 0.302. The Labute approximate surface area is 260 Å². The molecule has 0 aliphatic rings. The number of aromatic nitrogens is 1. The Hall–Kier alpha value is -4.26. The average molecular weight is 604 g/mol. The van der Waals surface area contributed by atoms with Crippen molar-refractivity contribution in [3.05, 3.63) is 108 Å². The van der Waals surface area contributed by atoms with Crippen LogP contribution in [0.25, 0.3) is 33.3 Å². The van der Waals surface area contributed by atoms with Crippen molar-refractivity contribution in [2.24, 2.45) is 0 Å². The molecular weight excluding hydrogens is 563 g/mol. The van der Waals surface area contributed by atoms with Gasteiger partial charge in [-0.2, -0.15) is 0 Å². The molecule has 6 aromatic rings. The van der Waals surface area contributed by atoms with E-state index in [9.17, 15) is 0 Å². The zero-order valence-electron chi connectivity index (χ0n) is 26.5. The second kappa shape index (κ2) is 12.0. The largest absolute Gasteiger partial charge is 0.497 e. The Kier molecular flexibility index (Phi) is 8.14. The van der Waals surface area contributed by atoms with Gasteiger partial charge >= 0.3 is 0 Å². The molecule has 44 heavy (non-hydrogen) atoms. The molecule has 0 aliphatic heterocycles. The summed E-state index contributed by atoms with van der Waals surface area (Å²) in [5.41, 5.74) is 5.00. The number of nitrogens with one attached hydrogen (secondary N) is 1. The summed E-state index contributed by atoms with van der Waals surface area (Å²) in [5.74, 6) is 2.45. The summed E-state index contributed by atoms with van der Waals surface area (Å²) in [7, 11) is 0.717. The van der Waals surface area contributed by atoms with E-state index in [2.05, 4.69) is 118 Å². The van der Waals surface area contributed by atoms with Gasteiger partial charge in [0.2, 0.25) is 0 Å². The van der Waals surface area contributed by atoms with E-state index < -0.39 is 8.32 Å². The Bertz CT molecular complexity index is 1840. The molecule has 6 heteroatoms. The molecule has 0 bridgehead atoms. The molecule has 2 aromatic heterocycles. The lowest BCUT2D eigenvalue weighted by Gasteiger charge is -2.43. The highest BCUT2D eigenvalue weighted by Crippen LogP contribution is 2.42. The van der Waals surface area contributed by atoms with Crippen molar-refractivity contribution in [2.45, 2.75) is 45.6 Å². The van der Waals surface area contributed by atoms with Crippen LogP contribution >= 0.6 is 0 Å². The van der Waals surface area contributed by atoms with E-state index in [1.165, 1.54) is 15.9 Å². The standard InChI is InChI=1S/C38H41NO4Si/c1-7-26-22-34(41-6)36-31(37(43-35(36)23-26)33-24-27-18-19-28(40-5)25-32(27)39-33)20-21-42-44(38(2,3)4,29-14-10-8-11-15-29)30-16-12-9-13-17-30/h8-19,22-25,39H,7,20-21H2,1-6H3. The summed E-state index contributed by atoms with van der Waals surface area (Å²) < 4.78 is 25.5. The van der Waals surface area contributed by atoms with Crippen LogP contribution in [0.1, 0.15) is 38.8 Å². The van der Waals surface area contributed by atoms with Crippen LogP contribution in [0.15, 0.2) is 101 Å². The molecule has 0 spiro atoms. The van der Waals surface area contributed by atoms with Gasteiger partial charge in [-0.1, -0.05) is 88.4 Å². The molecule has 4 aromatic carbocycles. The van der Waals surface area contributed by atoms with Crippen molar-refractivity contribution in [1.82, 2.24) is 4.98 Å². The number of benzene rings is 4. The minimum Gasteiger partial charge on any atom is -0.497 e. The number of furan rings is 1. The maximum Gasteiger partial charge on any atom is 0.261 e. The molecule has 0 saturated carbocycles. The van der Waals surface area contributed by atoms with Crippen LogP contribution in [0.4, 0.5) is 0 Å². The zero-order chi connectivity index (χ0) is 30.9. The molecule has 0 radical (unpaired) electrons. The fourth-order valence-electron chi connectivity index (χ4n) is 6.55. The van der Waals surface area contributed by atoms with Gasteiger partial charge in [0.15, 0.2) is 5.76 Å². The minimum absolute atomic E-state index is 0.110. The second-order valence-electron chi connectivity index (χ2n) is 12.3. The number of methoxy groups -OCH3 is 2. The first-order valence-electron chi connectivity index (χ1n) is 15.3. The summed E-state index contributed by atoms with van der Waals surface area (Å²) in [6.45, 7) is 9.61. The van der Waals surface area contributed by atoms with E-state index >= 15 is 0 Å². The van der Waals surface area contributed by atoms with Crippen LogP contribution in [0, 0.1) is 0 Å². The molecule has 6 rings (SSSR count). The van der Waals surface area contributed by atoms with E-state index in [4.69, 9.17) is 18.3 Å². The zero-order valence-corrected chi connectivity index (χ0v) is 27.5. The van der Waals surface area contributed by atoms with Gasteiger partial charge in [0, 0.05) is 29.1 Å². The van der Waals surface area contributed by atoms with E-state index in [1.54, 1.807) is 14.2 Å². The molecule has 5 nitrogen and oxygen atoms in total. The van der Waals surface area contributed by atoms with E-state index in [0.717, 1.165) is 56.8 Å². The third-order valence-corrected chi connectivity index (χ3v) is 13.7. The van der Waals surface area contributed by atoms with Crippen molar-refractivity contribution in [2.75, 3.05) is 20.8 Å². The smallest absolute Gasteiger partial charge is 0.261 e. The van der Waals surface area contributed by atoms with Crippen LogP contribution in [-0.2, 0) is 17.3 Å². The van der Waals surface area contributed by atoms with Gasteiger partial charge in [-0.25, -0.2) is 0 Å². The fourth-order valence-corrected chi connectivity index (χ4v) is 11.1. The summed E-state index contributed by atoms with van der Waals surface area (Å²) in [5, 5.41) is 4.52. The van der Waals surface area contributed by atoms with Crippen LogP contribution in [0.3, 0.4) is 0 Å². The highest BCUT2D eigenvalue weighted by molar-refractivity contribution is 6.99. The van der Waals surface area contributed by atoms with Crippen LogP contribution in [0.2, 0.25) is 5.04 Å². The van der Waals surface area contributed by atoms with Crippen LogP contribution in [0.5, 0.6) is 11.5 Å². The van der Waals surface area contributed by atoms with Crippen molar-refractivity contribution < 1.29 is 18.3 Å². The summed E-state index contributed by atoms with van der Waals surface area (Å²) >= 11 is 0. The summed E-state index contributed by atoms with van der Waals surface area (Å²) in [6, 6.07) is 34.1. The fraction of sp³-hybridized carbons (Fsp3) is 0.263. The Morgan fingerprint density at radius 2 is 1.48 bits per heavy atom. The number of rotatable bonds is 10. The van der Waals surface area contributed by atoms with Crippen molar-refractivity contribution in [1.29, 1.82) is 0 Å². The van der Waals surface area contributed by atoms with Gasteiger partial charge in [0.05, 0.1) is 25.3 Å². The van der Waals surface area contributed by atoms with Crippen LogP contribution < -0.4 is 19.8 Å². The topological polar surface area (TPSA) is 56.6 Å². The Morgan fingerprint density at radius 3 is 2.07 bits per heavy atom. The third kappa shape index (κ3) is 5.22. The Morgan fingerprint density at radius 1 is 0.795 bits per heavy atom. The molecule has 0 aliphatic carbocycles. The minimum atomic E-state index is -2.70. The molecule has 0 amide bonds. The normalized spacial score (nSPS) is 12.2. The molecular formula is C38H41NO4Si. The second-order valence-corrected chi connectivity index (χ2v) is 16.6. The Balaban J connectivity index is 1.47. The maximum absolute atomic E-state index is 7.32. The van der Waals surface area contributed by atoms with Gasteiger partial charge in [0.25, 0.3) is 8.32 Å². The maximum atomic E-state index is 7.32. The molecule has 1 N–H and O–H groups in total. The lowest BCUT2D eigenvalue weighted by Crippen LogP contribution is -2.66. The molecule has 0 atom stereocenters. The summed E-state index contributed by atoms with van der Waals surface area (Å²) in [6.07, 6.45) is 1.55. The van der Waals surface area contributed by atoms with Gasteiger partial charge in [-0.15, -0.1) is 0 Å². The number of hydrogen-bond donors (Lipinski definition) is 1. The van der Waals surface area contributed by atoms with E-state index in [0.29, 0.717) is 13.0 Å². The number of H-pyrrole nitrogens is 1. The van der Waals surface area contributed by atoms with Gasteiger partial charge < -0.3 is 23.3 Å². The quantitative estimate of drug-likeness (QED) is 0.160. The van der Waals surface area contributed by atoms with Crippen LogP contribution in [-0.4, -0.2) is 34.1 Å². The molecule has 0 fully saturated rings. The SMILES string of the molecule is CCc1cc(OC)c2c(CCO[Si](c3ccccc3)(c3ccccc3)C(C)(C)C)c(-c3cc4ccc(OC)cc4[nH]3)oc2c1. The predicted octanol–water partition coefficient (Wildman–Crippen LogP) is 8.28. The van der Waals surface area contributed by atoms with Gasteiger partial charge in [-0.3, -0.25) is 0 Å². The number of fused-ring (bicyclic) bond motifs is 2. The lowest BCUT2D eigenvalue weighted by atomic mass is 10.0. The number of ether oxygens (including phenoxy) is 2. The molecule has 0 unspecified atom stereocenters. The monoisotopic (exact) mass is 603 g/mol.